The number of hydrogen-bond donors (Lipinski definition) is 2. The molecule has 0 aliphatic rings. The predicted octanol–water partition coefficient (Wildman–Crippen LogP) is 1.58. The summed E-state index contributed by atoms with van der Waals surface area (Å²) in [4.78, 5) is 21.9. The molecule has 1 aromatic carbocycles. The number of carbonyl (C=O) groups is 1. The van der Waals surface area contributed by atoms with Crippen LogP contribution in [-0.2, 0) is 4.79 Å². The third-order valence-electron chi connectivity index (χ3n) is 2.34. The second-order valence-corrected chi connectivity index (χ2v) is 4.38. The van der Waals surface area contributed by atoms with Gasteiger partial charge in [-0.2, -0.15) is 0 Å². The summed E-state index contributed by atoms with van der Waals surface area (Å²) < 4.78 is 0. The van der Waals surface area contributed by atoms with Crippen LogP contribution in [0.5, 0.6) is 0 Å². The minimum Gasteiger partial charge on any atom is -0.324 e. The van der Waals surface area contributed by atoms with Crippen LogP contribution in [0.4, 0.5) is 11.4 Å². The zero-order valence-corrected chi connectivity index (χ0v) is 9.98. The van der Waals surface area contributed by atoms with Crippen molar-refractivity contribution in [3.8, 4) is 0 Å². The van der Waals surface area contributed by atoms with E-state index < -0.39 is 10.5 Å². The topological polar surface area (TPSA) is 98.3 Å². The van der Waals surface area contributed by atoms with Crippen LogP contribution in [0.15, 0.2) is 18.2 Å². The van der Waals surface area contributed by atoms with Crippen LogP contribution >= 0.6 is 0 Å². The van der Waals surface area contributed by atoms with Gasteiger partial charge in [0.2, 0.25) is 5.91 Å². The van der Waals surface area contributed by atoms with Gasteiger partial charge in [0.25, 0.3) is 5.69 Å². The van der Waals surface area contributed by atoms with Gasteiger partial charge in [-0.3, -0.25) is 14.9 Å². The Morgan fingerprint density at radius 1 is 1.47 bits per heavy atom. The van der Waals surface area contributed by atoms with Crippen molar-refractivity contribution in [3.05, 3.63) is 33.9 Å². The Hall–Kier alpha value is -1.95. The molecule has 1 amide bonds. The number of carbonyl (C=O) groups excluding carboxylic acids is 1. The van der Waals surface area contributed by atoms with Crippen LogP contribution in [0.3, 0.4) is 0 Å². The fourth-order valence-corrected chi connectivity index (χ4v) is 1.24. The van der Waals surface area contributed by atoms with Crippen molar-refractivity contribution < 1.29 is 9.72 Å². The first-order valence-corrected chi connectivity index (χ1v) is 5.08. The predicted molar refractivity (Wildman–Crippen MR) is 64.7 cm³/mol. The van der Waals surface area contributed by atoms with Crippen molar-refractivity contribution in [1.82, 2.24) is 0 Å². The average molecular weight is 237 g/mol. The number of nitrogens with zero attached hydrogens (tertiary/aromatic N) is 1. The first-order chi connectivity index (χ1) is 7.73. The van der Waals surface area contributed by atoms with E-state index in [1.54, 1.807) is 26.8 Å². The number of anilines is 1. The highest BCUT2D eigenvalue weighted by molar-refractivity contribution is 5.98. The summed E-state index contributed by atoms with van der Waals surface area (Å²) in [6, 6.07) is 4.51. The lowest BCUT2D eigenvalue weighted by Gasteiger charge is -2.18. The number of nitro groups is 1. The van der Waals surface area contributed by atoms with Gasteiger partial charge in [-0.15, -0.1) is 0 Å². The van der Waals surface area contributed by atoms with Gasteiger partial charge in [-0.05, 0) is 26.8 Å². The lowest BCUT2D eigenvalue weighted by Crippen LogP contribution is -2.45. The molecule has 0 unspecified atom stereocenters. The molecule has 0 fully saturated rings. The number of benzene rings is 1. The molecule has 3 N–H and O–H groups in total. The number of hydrogen-bond acceptors (Lipinski definition) is 4. The average Bonchev–Trinajstić information content (AvgIpc) is 2.19. The highest BCUT2D eigenvalue weighted by Gasteiger charge is 2.23. The highest BCUT2D eigenvalue weighted by Crippen LogP contribution is 2.25. The zero-order chi connectivity index (χ0) is 13.2. The molecular formula is C11H15N3O3. The summed E-state index contributed by atoms with van der Waals surface area (Å²) in [5.41, 5.74) is 5.39. The normalized spacial score (nSPS) is 11.1. The smallest absolute Gasteiger partial charge is 0.274 e. The molecule has 6 nitrogen and oxygen atoms in total. The summed E-state index contributed by atoms with van der Waals surface area (Å²) in [6.07, 6.45) is 0. The molecule has 0 aliphatic carbocycles. The van der Waals surface area contributed by atoms with Gasteiger partial charge in [0.05, 0.1) is 21.7 Å². The number of nitrogens with two attached hydrogens (primary N) is 1. The summed E-state index contributed by atoms with van der Waals surface area (Å²) in [5.74, 6) is -0.388. The molecule has 0 radical (unpaired) electrons. The van der Waals surface area contributed by atoms with Crippen molar-refractivity contribution >= 4 is 17.3 Å². The largest absolute Gasteiger partial charge is 0.324 e. The minimum absolute atomic E-state index is 0.0300. The van der Waals surface area contributed by atoms with E-state index in [9.17, 15) is 14.9 Å². The maximum Gasteiger partial charge on any atom is 0.274 e. The monoisotopic (exact) mass is 237 g/mol. The lowest BCUT2D eigenvalue weighted by atomic mass is 10.1. The molecule has 1 rings (SSSR count). The van der Waals surface area contributed by atoms with Crippen molar-refractivity contribution in [1.29, 1.82) is 0 Å². The Morgan fingerprint density at radius 3 is 2.53 bits per heavy atom. The van der Waals surface area contributed by atoms with Crippen molar-refractivity contribution in [3.63, 3.8) is 0 Å². The zero-order valence-electron chi connectivity index (χ0n) is 9.98. The molecule has 0 saturated carbocycles. The first kappa shape index (κ1) is 13.1. The molecule has 17 heavy (non-hydrogen) atoms. The van der Waals surface area contributed by atoms with Gasteiger partial charge < -0.3 is 11.1 Å². The highest BCUT2D eigenvalue weighted by atomic mass is 16.6. The van der Waals surface area contributed by atoms with Crippen LogP contribution in [-0.4, -0.2) is 16.4 Å². The number of nitro benzene ring substituents is 1. The Bertz CT molecular complexity index is 464. The molecule has 0 bridgehead atoms. The first-order valence-electron chi connectivity index (χ1n) is 5.08. The fourth-order valence-electron chi connectivity index (χ4n) is 1.24. The second kappa shape index (κ2) is 4.50. The van der Waals surface area contributed by atoms with Crippen LogP contribution in [0.1, 0.15) is 19.4 Å². The van der Waals surface area contributed by atoms with Crippen molar-refractivity contribution in [2.75, 3.05) is 5.32 Å². The van der Waals surface area contributed by atoms with Gasteiger partial charge in [-0.25, -0.2) is 0 Å². The quantitative estimate of drug-likeness (QED) is 0.615. The summed E-state index contributed by atoms with van der Waals surface area (Å²) in [7, 11) is 0. The molecule has 92 valence electrons. The molecule has 0 spiro atoms. The molecule has 6 heteroatoms. The van der Waals surface area contributed by atoms with Crippen LogP contribution in [0.25, 0.3) is 0 Å². The van der Waals surface area contributed by atoms with Gasteiger partial charge in [0.1, 0.15) is 0 Å². The van der Waals surface area contributed by atoms with E-state index in [4.69, 9.17) is 5.73 Å². The Morgan fingerprint density at radius 2 is 2.06 bits per heavy atom. The number of rotatable bonds is 3. The SMILES string of the molecule is Cc1c(NC(=O)C(C)(C)N)cccc1[N+](=O)[O-]. The van der Waals surface area contributed by atoms with Gasteiger partial charge in [-0.1, -0.05) is 6.07 Å². The van der Waals surface area contributed by atoms with Gasteiger partial charge >= 0.3 is 0 Å². The third-order valence-corrected chi connectivity index (χ3v) is 2.34. The molecule has 0 aromatic heterocycles. The third kappa shape index (κ3) is 3.01. The Balaban J connectivity index is 3.05. The van der Waals surface area contributed by atoms with E-state index in [2.05, 4.69) is 5.32 Å². The minimum atomic E-state index is -1.03. The van der Waals surface area contributed by atoms with Crippen molar-refractivity contribution in [2.24, 2.45) is 5.73 Å². The Kier molecular flexibility index (Phi) is 3.47. The molecule has 0 aliphatic heterocycles. The molecule has 0 heterocycles. The Labute approximate surface area is 99.0 Å². The van der Waals surface area contributed by atoms with E-state index >= 15 is 0 Å². The van der Waals surface area contributed by atoms with E-state index in [0.29, 0.717) is 11.3 Å². The second-order valence-electron chi connectivity index (χ2n) is 4.38. The standard InChI is InChI=1S/C11H15N3O3/c1-7-8(13-10(15)11(2,3)12)5-4-6-9(7)14(16)17/h4-6H,12H2,1-3H3,(H,13,15). The maximum absolute atomic E-state index is 11.7. The lowest BCUT2D eigenvalue weighted by molar-refractivity contribution is -0.385. The van der Waals surface area contributed by atoms with Crippen LogP contribution in [0.2, 0.25) is 0 Å². The van der Waals surface area contributed by atoms with Crippen LogP contribution < -0.4 is 11.1 Å². The van der Waals surface area contributed by atoms with Gasteiger partial charge in [0.15, 0.2) is 0 Å². The summed E-state index contributed by atoms with van der Waals surface area (Å²) in [6.45, 7) is 4.71. The molecular weight excluding hydrogens is 222 g/mol. The van der Waals surface area contributed by atoms with E-state index in [1.165, 1.54) is 12.1 Å². The fraction of sp³-hybridized carbons (Fsp3) is 0.364. The molecule has 0 saturated heterocycles. The van der Waals surface area contributed by atoms with Gasteiger partial charge in [0, 0.05) is 6.07 Å². The van der Waals surface area contributed by atoms with Crippen molar-refractivity contribution in [2.45, 2.75) is 26.3 Å². The molecule has 1 aromatic rings. The summed E-state index contributed by atoms with van der Waals surface area (Å²) >= 11 is 0. The van der Waals surface area contributed by atoms with E-state index in [0.717, 1.165) is 0 Å². The molecule has 0 atom stereocenters. The maximum atomic E-state index is 11.7. The van der Waals surface area contributed by atoms with Crippen LogP contribution in [0, 0.1) is 17.0 Å². The number of amides is 1. The number of nitrogens with one attached hydrogen (secondary N) is 1. The van der Waals surface area contributed by atoms with E-state index in [1.807, 2.05) is 0 Å². The van der Waals surface area contributed by atoms with E-state index in [-0.39, 0.29) is 11.6 Å². The summed E-state index contributed by atoms with van der Waals surface area (Å²) in [5, 5.41) is 13.3.